The Balaban J connectivity index is 2.12. The number of hydrogen-bond donors (Lipinski definition) is 0. The van der Waals surface area contributed by atoms with E-state index in [2.05, 4.69) is 31.9 Å². The summed E-state index contributed by atoms with van der Waals surface area (Å²) in [5, 5.41) is 0. The molecule has 0 saturated carbocycles. The second kappa shape index (κ2) is 8.15. The largest absolute Gasteiger partial charge is 0.345 e. The molecule has 1 aromatic heterocycles. The van der Waals surface area contributed by atoms with Gasteiger partial charge in [0.15, 0.2) is 0 Å². The predicted octanol–water partition coefficient (Wildman–Crippen LogP) is 4.63. The molecule has 2 aromatic rings. The van der Waals surface area contributed by atoms with Crippen LogP contribution in [0.25, 0.3) is 0 Å². The Morgan fingerprint density at radius 3 is 2.52 bits per heavy atom. The molecule has 3 nitrogen and oxygen atoms in total. The number of nitrogens with zero attached hydrogens (tertiary/aromatic N) is 2. The fraction of sp³-hybridized carbons (Fsp3) is 0.381. The van der Waals surface area contributed by atoms with Crippen LogP contribution in [-0.4, -0.2) is 21.9 Å². The van der Waals surface area contributed by atoms with E-state index in [1.54, 1.807) is 18.2 Å². The van der Waals surface area contributed by atoms with Crippen molar-refractivity contribution in [1.29, 1.82) is 0 Å². The van der Waals surface area contributed by atoms with E-state index < -0.39 is 0 Å². The first-order valence-corrected chi connectivity index (χ1v) is 8.55. The molecule has 0 unspecified atom stereocenters. The van der Waals surface area contributed by atoms with Crippen LogP contribution in [0.15, 0.2) is 55.3 Å². The fourth-order valence-corrected chi connectivity index (χ4v) is 2.71. The topological polar surface area (TPSA) is 25.2 Å². The van der Waals surface area contributed by atoms with Crippen molar-refractivity contribution in [1.82, 2.24) is 9.47 Å². The number of amides is 1. The van der Waals surface area contributed by atoms with Crippen molar-refractivity contribution in [3.63, 3.8) is 0 Å². The molecule has 0 aliphatic heterocycles. The van der Waals surface area contributed by atoms with Gasteiger partial charge >= 0.3 is 0 Å². The molecule has 0 saturated heterocycles. The van der Waals surface area contributed by atoms with Crippen molar-refractivity contribution in [2.75, 3.05) is 6.54 Å². The van der Waals surface area contributed by atoms with Gasteiger partial charge in [-0.25, -0.2) is 4.39 Å². The highest BCUT2D eigenvalue weighted by atomic mass is 19.1. The molecule has 0 radical (unpaired) electrons. The van der Waals surface area contributed by atoms with Gasteiger partial charge in [-0.05, 0) is 35.2 Å². The number of carbonyl (C=O) groups is 1. The molecule has 0 fully saturated rings. The van der Waals surface area contributed by atoms with E-state index in [1.165, 1.54) is 12.1 Å². The maximum atomic E-state index is 13.1. The third-order valence-electron chi connectivity index (χ3n) is 3.93. The van der Waals surface area contributed by atoms with Crippen LogP contribution in [0.5, 0.6) is 0 Å². The van der Waals surface area contributed by atoms with Crippen LogP contribution in [0.3, 0.4) is 0 Å². The van der Waals surface area contributed by atoms with Crippen molar-refractivity contribution in [2.24, 2.45) is 5.41 Å². The average molecular weight is 342 g/mol. The van der Waals surface area contributed by atoms with Crippen LogP contribution in [0, 0.1) is 11.2 Å². The molecule has 1 aromatic carbocycles. The van der Waals surface area contributed by atoms with Crippen LogP contribution < -0.4 is 0 Å². The highest BCUT2D eigenvalue weighted by Gasteiger charge is 2.21. The van der Waals surface area contributed by atoms with Crippen molar-refractivity contribution in [3.05, 3.63) is 72.3 Å². The van der Waals surface area contributed by atoms with Crippen molar-refractivity contribution in [2.45, 2.75) is 40.3 Å². The second-order valence-electron chi connectivity index (χ2n) is 7.55. The minimum Gasteiger partial charge on any atom is -0.345 e. The highest BCUT2D eigenvalue weighted by Crippen LogP contribution is 2.21. The summed E-state index contributed by atoms with van der Waals surface area (Å²) in [6, 6.07) is 10.5. The smallest absolute Gasteiger partial charge is 0.223 e. The first-order valence-electron chi connectivity index (χ1n) is 8.55. The third kappa shape index (κ3) is 5.89. The molecule has 0 N–H and O–H groups in total. The highest BCUT2D eigenvalue weighted by molar-refractivity contribution is 5.77. The van der Waals surface area contributed by atoms with Crippen molar-refractivity contribution >= 4 is 5.91 Å². The fourth-order valence-electron chi connectivity index (χ4n) is 2.71. The van der Waals surface area contributed by atoms with Crippen LogP contribution in [0.2, 0.25) is 0 Å². The lowest BCUT2D eigenvalue weighted by Gasteiger charge is -2.26. The lowest BCUT2D eigenvalue weighted by Crippen LogP contribution is -2.34. The summed E-state index contributed by atoms with van der Waals surface area (Å²) in [6.45, 7) is 11.7. The van der Waals surface area contributed by atoms with Gasteiger partial charge in [0, 0.05) is 31.4 Å². The van der Waals surface area contributed by atoms with Gasteiger partial charge < -0.3 is 9.47 Å². The Bertz CT molecular complexity index is 710. The summed E-state index contributed by atoms with van der Waals surface area (Å²) < 4.78 is 15.2. The Kier molecular flexibility index (Phi) is 6.18. The molecule has 0 bridgehead atoms. The molecule has 1 heterocycles. The van der Waals surface area contributed by atoms with E-state index in [0.717, 1.165) is 11.3 Å². The second-order valence-corrected chi connectivity index (χ2v) is 7.55. The number of halogens is 1. The van der Waals surface area contributed by atoms with E-state index in [1.807, 2.05) is 23.2 Å². The number of benzene rings is 1. The molecular formula is C21H27FN2O. The molecular weight excluding hydrogens is 315 g/mol. The van der Waals surface area contributed by atoms with E-state index in [0.29, 0.717) is 26.1 Å². The molecule has 0 atom stereocenters. The Morgan fingerprint density at radius 2 is 1.92 bits per heavy atom. The van der Waals surface area contributed by atoms with Gasteiger partial charge in [-0.15, -0.1) is 6.58 Å². The van der Waals surface area contributed by atoms with Gasteiger partial charge in [-0.3, -0.25) is 4.79 Å². The maximum Gasteiger partial charge on any atom is 0.223 e. The molecule has 25 heavy (non-hydrogen) atoms. The monoisotopic (exact) mass is 342 g/mol. The average Bonchev–Trinajstić information content (AvgIpc) is 2.94. The van der Waals surface area contributed by atoms with Gasteiger partial charge in [0.2, 0.25) is 5.91 Å². The summed E-state index contributed by atoms with van der Waals surface area (Å²) in [5.74, 6) is -0.108. The zero-order chi connectivity index (χ0) is 18.4. The first kappa shape index (κ1) is 19.0. The van der Waals surface area contributed by atoms with E-state index in [9.17, 15) is 9.18 Å². The van der Waals surface area contributed by atoms with Gasteiger partial charge in [-0.1, -0.05) is 39.0 Å². The lowest BCUT2D eigenvalue weighted by atomic mass is 9.91. The zero-order valence-electron chi connectivity index (χ0n) is 15.3. The van der Waals surface area contributed by atoms with Crippen LogP contribution in [0.4, 0.5) is 4.39 Å². The van der Waals surface area contributed by atoms with E-state index in [-0.39, 0.29) is 17.1 Å². The normalized spacial score (nSPS) is 11.4. The number of rotatable bonds is 7. The zero-order valence-corrected chi connectivity index (χ0v) is 15.3. The van der Waals surface area contributed by atoms with Crippen LogP contribution in [0.1, 0.15) is 38.4 Å². The Hall–Kier alpha value is -2.36. The van der Waals surface area contributed by atoms with Crippen molar-refractivity contribution < 1.29 is 9.18 Å². The van der Waals surface area contributed by atoms with E-state index in [4.69, 9.17) is 0 Å². The maximum absolute atomic E-state index is 13.1. The summed E-state index contributed by atoms with van der Waals surface area (Å²) in [6.07, 6.45) is 4.24. The molecule has 2 rings (SSSR count). The molecule has 1 amide bonds. The van der Waals surface area contributed by atoms with Crippen LogP contribution in [-0.2, 0) is 17.9 Å². The quantitative estimate of drug-likeness (QED) is 0.674. The number of aromatic nitrogens is 1. The van der Waals surface area contributed by atoms with E-state index >= 15 is 0 Å². The number of carbonyl (C=O) groups excluding carboxylic acids is 1. The standard InChI is InChI=1S/C21H27FN2O/c1-5-12-24(20(25)14-21(2,3)4)16-19-7-6-13-23(19)15-17-8-10-18(22)11-9-17/h5-11,13H,1,12,14-16H2,2-4H3. The van der Waals surface area contributed by atoms with Gasteiger partial charge in [-0.2, -0.15) is 0 Å². The Morgan fingerprint density at radius 1 is 1.24 bits per heavy atom. The summed E-state index contributed by atoms with van der Waals surface area (Å²) >= 11 is 0. The van der Waals surface area contributed by atoms with Gasteiger partial charge in [0.1, 0.15) is 5.82 Å². The van der Waals surface area contributed by atoms with Crippen LogP contribution >= 0.6 is 0 Å². The molecule has 4 heteroatoms. The Labute approximate surface area is 149 Å². The molecule has 0 aliphatic rings. The molecule has 134 valence electrons. The van der Waals surface area contributed by atoms with Gasteiger partial charge in [0.05, 0.1) is 6.54 Å². The van der Waals surface area contributed by atoms with Gasteiger partial charge in [0.25, 0.3) is 0 Å². The minimum atomic E-state index is -0.235. The van der Waals surface area contributed by atoms with Crippen molar-refractivity contribution in [3.8, 4) is 0 Å². The first-order chi connectivity index (χ1) is 11.8. The predicted molar refractivity (Wildman–Crippen MR) is 99.6 cm³/mol. The SMILES string of the molecule is C=CCN(Cc1cccn1Cc1ccc(F)cc1)C(=O)CC(C)(C)C. The summed E-state index contributed by atoms with van der Waals surface area (Å²) in [5.41, 5.74) is 2.02. The third-order valence-corrected chi connectivity index (χ3v) is 3.93. The molecule has 0 aliphatic carbocycles. The number of hydrogen-bond acceptors (Lipinski definition) is 1. The molecule has 0 spiro atoms. The minimum absolute atomic E-state index is 0.0490. The summed E-state index contributed by atoms with van der Waals surface area (Å²) in [4.78, 5) is 14.4. The summed E-state index contributed by atoms with van der Waals surface area (Å²) in [7, 11) is 0. The lowest BCUT2D eigenvalue weighted by molar-refractivity contribution is -0.133.